The normalized spacial score (nSPS) is 13.3. The first-order valence-electron chi connectivity index (χ1n) is 7.92. The molecule has 1 aromatic carbocycles. The van der Waals surface area contributed by atoms with E-state index in [0.29, 0.717) is 12.1 Å². The zero-order chi connectivity index (χ0) is 17.7. The molecule has 24 heavy (non-hydrogen) atoms. The number of carbonyl (C=O) groups excluding carboxylic acids is 1. The van der Waals surface area contributed by atoms with Gasteiger partial charge in [-0.2, -0.15) is 0 Å². The topological polar surface area (TPSA) is 97.1 Å². The number of aromatic nitrogens is 3. The molecule has 7 heteroatoms. The van der Waals surface area contributed by atoms with Gasteiger partial charge in [-0.1, -0.05) is 43.7 Å². The molecule has 0 aliphatic carbocycles. The average molecular weight is 330 g/mol. The molecule has 1 heterocycles. The Hall–Kier alpha value is -2.70. The molecule has 0 fully saturated rings. The summed E-state index contributed by atoms with van der Waals surface area (Å²) < 4.78 is 1.66. The maximum absolute atomic E-state index is 12.2. The van der Waals surface area contributed by atoms with Crippen molar-refractivity contribution < 1.29 is 14.7 Å². The molecule has 2 rings (SSSR count). The molecule has 0 saturated heterocycles. The molecule has 2 aromatic rings. The van der Waals surface area contributed by atoms with E-state index in [0.717, 1.165) is 11.4 Å². The van der Waals surface area contributed by atoms with E-state index < -0.39 is 12.0 Å². The first-order valence-corrected chi connectivity index (χ1v) is 7.92. The van der Waals surface area contributed by atoms with Gasteiger partial charge in [0.1, 0.15) is 6.04 Å². The first kappa shape index (κ1) is 17.7. The van der Waals surface area contributed by atoms with Gasteiger partial charge in [0.2, 0.25) is 5.91 Å². The summed E-state index contributed by atoms with van der Waals surface area (Å²) in [5.41, 5.74) is 2.15. The Balaban J connectivity index is 2.10. The maximum Gasteiger partial charge on any atom is 0.326 e. The predicted molar refractivity (Wildman–Crippen MR) is 88.8 cm³/mol. The minimum absolute atomic E-state index is 0.00111. The van der Waals surface area contributed by atoms with Crippen LogP contribution in [0.15, 0.2) is 30.3 Å². The van der Waals surface area contributed by atoms with Crippen molar-refractivity contribution in [3.63, 3.8) is 0 Å². The van der Waals surface area contributed by atoms with Gasteiger partial charge < -0.3 is 10.4 Å². The van der Waals surface area contributed by atoms with E-state index in [1.165, 1.54) is 0 Å². The van der Waals surface area contributed by atoms with Crippen molar-refractivity contribution >= 4 is 11.9 Å². The summed E-state index contributed by atoms with van der Waals surface area (Å²) in [6.45, 7) is 5.53. The van der Waals surface area contributed by atoms with Crippen molar-refractivity contribution in [2.75, 3.05) is 0 Å². The number of carboxylic acid groups (broad SMARTS) is 1. The molecule has 0 bridgehead atoms. The minimum atomic E-state index is -1.03. The van der Waals surface area contributed by atoms with Crippen LogP contribution in [0.25, 0.3) is 5.69 Å². The molecular weight excluding hydrogens is 308 g/mol. The van der Waals surface area contributed by atoms with Gasteiger partial charge in [0, 0.05) is 0 Å². The second-order valence-electron chi connectivity index (χ2n) is 5.81. The van der Waals surface area contributed by atoms with Gasteiger partial charge in [-0.15, -0.1) is 5.10 Å². The van der Waals surface area contributed by atoms with Gasteiger partial charge >= 0.3 is 5.97 Å². The van der Waals surface area contributed by atoms with Crippen molar-refractivity contribution in [1.29, 1.82) is 0 Å². The largest absolute Gasteiger partial charge is 0.480 e. The highest BCUT2D eigenvalue weighted by atomic mass is 16.4. The van der Waals surface area contributed by atoms with Crippen LogP contribution >= 0.6 is 0 Å². The monoisotopic (exact) mass is 330 g/mol. The molecule has 0 unspecified atom stereocenters. The third kappa shape index (κ3) is 3.98. The summed E-state index contributed by atoms with van der Waals surface area (Å²) in [4.78, 5) is 23.5. The fraction of sp³-hybridized carbons (Fsp3) is 0.412. The summed E-state index contributed by atoms with van der Waals surface area (Å²) in [6, 6.07) is 8.60. The van der Waals surface area contributed by atoms with Crippen LogP contribution in [-0.2, 0) is 16.0 Å². The van der Waals surface area contributed by atoms with E-state index in [2.05, 4.69) is 15.6 Å². The molecule has 0 saturated carbocycles. The van der Waals surface area contributed by atoms with Crippen LogP contribution < -0.4 is 5.32 Å². The molecule has 7 nitrogen and oxygen atoms in total. The lowest BCUT2D eigenvalue weighted by Crippen LogP contribution is -2.45. The fourth-order valence-corrected chi connectivity index (χ4v) is 2.40. The van der Waals surface area contributed by atoms with E-state index >= 15 is 0 Å². The molecule has 0 radical (unpaired) electrons. The summed E-state index contributed by atoms with van der Waals surface area (Å²) in [5, 5.41) is 20.0. The predicted octanol–water partition coefficient (Wildman–Crippen LogP) is 1.73. The molecular formula is C17H22N4O3. The lowest BCUT2D eigenvalue weighted by Gasteiger charge is -2.19. The van der Waals surface area contributed by atoms with Gasteiger partial charge in [0.15, 0.2) is 0 Å². The van der Waals surface area contributed by atoms with Gasteiger partial charge in [-0.25, -0.2) is 9.48 Å². The average Bonchev–Trinajstić information content (AvgIpc) is 2.93. The van der Waals surface area contributed by atoms with Crippen molar-refractivity contribution in [3.05, 3.63) is 41.7 Å². The van der Waals surface area contributed by atoms with E-state index in [1.807, 2.05) is 44.2 Å². The second kappa shape index (κ2) is 7.72. The van der Waals surface area contributed by atoms with Gasteiger partial charge in [-0.05, 0) is 25.0 Å². The van der Waals surface area contributed by atoms with Crippen LogP contribution in [0, 0.1) is 12.8 Å². The fourth-order valence-electron chi connectivity index (χ4n) is 2.40. The van der Waals surface area contributed by atoms with E-state index in [9.17, 15) is 14.7 Å². The Kier molecular flexibility index (Phi) is 5.68. The van der Waals surface area contributed by atoms with Gasteiger partial charge in [0.05, 0.1) is 23.5 Å². The van der Waals surface area contributed by atoms with E-state index in [-0.39, 0.29) is 18.2 Å². The van der Waals surface area contributed by atoms with Gasteiger partial charge in [0.25, 0.3) is 0 Å². The van der Waals surface area contributed by atoms with Gasteiger partial charge in [-0.3, -0.25) is 4.79 Å². The first-order chi connectivity index (χ1) is 11.4. The van der Waals surface area contributed by atoms with Crippen LogP contribution in [0.3, 0.4) is 0 Å². The van der Waals surface area contributed by atoms with Crippen LogP contribution in [0.1, 0.15) is 31.7 Å². The van der Waals surface area contributed by atoms with Crippen LogP contribution in [0.5, 0.6) is 0 Å². The number of aliphatic carboxylic acids is 1. The molecule has 128 valence electrons. The summed E-state index contributed by atoms with van der Waals surface area (Å²) >= 11 is 0. The van der Waals surface area contributed by atoms with E-state index in [1.54, 1.807) is 11.6 Å². The number of nitrogens with one attached hydrogen (secondary N) is 1. The summed E-state index contributed by atoms with van der Waals surface area (Å²) in [7, 11) is 0. The Labute approximate surface area is 140 Å². The molecule has 2 N–H and O–H groups in total. The van der Waals surface area contributed by atoms with Crippen molar-refractivity contribution in [1.82, 2.24) is 20.3 Å². The van der Waals surface area contributed by atoms with Crippen molar-refractivity contribution in [2.45, 2.75) is 39.7 Å². The molecule has 1 aromatic heterocycles. The van der Waals surface area contributed by atoms with Crippen LogP contribution in [0.2, 0.25) is 0 Å². The Morgan fingerprint density at radius 2 is 1.96 bits per heavy atom. The highest BCUT2D eigenvalue weighted by molar-refractivity contribution is 5.84. The molecule has 1 amide bonds. The highest BCUT2D eigenvalue weighted by Gasteiger charge is 2.26. The summed E-state index contributed by atoms with van der Waals surface area (Å²) in [6.07, 6.45) is 0.666. The molecule has 0 aliphatic rings. The number of carboxylic acids is 1. The quantitative estimate of drug-likeness (QED) is 0.806. The number of benzene rings is 1. The number of carbonyl (C=O) groups is 2. The smallest absolute Gasteiger partial charge is 0.326 e. The maximum atomic E-state index is 12.2. The lowest BCUT2D eigenvalue weighted by atomic mass is 9.99. The zero-order valence-corrected chi connectivity index (χ0v) is 14.1. The lowest BCUT2D eigenvalue weighted by molar-refractivity contribution is -0.143. The third-order valence-corrected chi connectivity index (χ3v) is 4.11. The third-order valence-electron chi connectivity index (χ3n) is 4.11. The number of para-hydroxylation sites is 1. The number of hydrogen-bond acceptors (Lipinski definition) is 4. The molecule has 0 aliphatic heterocycles. The number of rotatable bonds is 7. The number of hydrogen-bond donors (Lipinski definition) is 2. The van der Waals surface area contributed by atoms with Crippen molar-refractivity contribution in [2.24, 2.45) is 5.92 Å². The Morgan fingerprint density at radius 1 is 1.29 bits per heavy atom. The second-order valence-corrected chi connectivity index (χ2v) is 5.81. The van der Waals surface area contributed by atoms with Crippen LogP contribution in [-0.4, -0.2) is 38.0 Å². The number of nitrogens with zero attached hydrogens (tertiary/aromatic N) is 3. The summed E-state index contributed by atoms with van der Waals surface area (Å²) in [5.74, 6) is -1.54. The molecule has 0 spiro atoms. The van der Waals surface area contributed by atoms with E-state index in [4.69, 9.17) is 0 Å². The highest BCUT2D eigenvalue weighted by Crippen LogP contribution is 2.13. The SMILES string of the molecule is CC[C@H](C)[C@H](NC(=O)Cc1nnn(-c2ccccc2)c1C)C(=O)O. The Bertz CT molecular complexity index is 712. The standard InChI is InChI=1S/C17H22N4O3/c1-4-11(2)16(17(23)24)18-15(22)10-14-12(3)21(20-19-14)13-8-6-5-7-9-13/h5-9,11,16H,4,10H2,1-3H3,(H,18,22)(H,23,24)/t11-,16-/m0/s1. The molecule has 2 atom stereocenters. The zero-order valence-electron chi connectivity index (χ0n) is 14.1. The van der Waals surface area contributed by atoms with Crippen molar-refractivity contribution in [3.8, 4) is 5.69 Å². The Morgan fingerprint density at radius 3 is 2.54 bits per heavy atom. The number of amides is 1. The van der Waals surface area contributed by atoms with Crippen LogP contribution in [0.4, 0.5) is 0 Å². The minimum Gasteiger partial charge on any atom is -0.480 e.